The summed E-state index contributed by atoms with van der Waals surface area (Å²) in [5.74, 6) is -1.52. The van der Waals surface area contributed by atoms with E-state index >= 15 is 0 Å². The van der Waals surface area contributed by atoms with Gasteiger partial charge in [0.05, 0.1) is 21.8 Å². The van der Waals surface area contributed by atoms with E-state index < -0.39 is 23.8 Å². The molecular weight excluding hydrogens is 506 g/mol. The Labute approximate surface area is 196 Å². The number of imide groups is 2. The van der Waals surface area contributed by atoms with Gasteiger partial charge in [0.25, 0.3) is 17.7 Å². The summed E-state index contributed by atoms with van der Waals surface area (Å²) >= 11 is 9.40. The number of hydrogen-bond acceptors (Lipinski definition) is 6. The van der Waals surface area contributed by atoms with Gasteiger partial charge in [-0.1, -0.05) is 23.7 Å². The maximum Gasteiger partial charge on any atom is 0.328 e. The quantitative estimate of drug-likeness (QED) is 0.379. The largest absolute Gasteiger partial charge is 0.490 e. The molecule has 5 amide bonds. The predicted molar refractivity (Wildman–Crippen MR) is 121 cm³/mol. The number of amides is 5. The lowest BCUT2D eigenvalue weighted by atomic mass is 10.1. The summed E-state index contributed by atoms with van der Waals surface area (Å²) in [6.45, 7) is 1.74. The Balaban J connectivity index is 1.80. The molecule has 0 aliphatic carbocycles. The second-order valence-corrected chi connectivity index (χ2v) is 7.64. The average Bonchev–Trinajstić information content (AvgIpc) is 2.72. The van der Waals surface area contributed by atoms with E-state index in [9.17, 15) is 19.2 Å². The number of halogens is 2. The summed E-state index contributed by atoms with van der Waals surface area (Å²) in [7, 11) is 0. The highest BCUT2D eigenvalue weighted by molar-refractivity contribution is 9.10. The zero-order valence-corrected chi connectivity index (χ0v) is 19.0. The second kappa shape index (κ2) is 10.3. The third-order valence-corrected chi connectivity index (χ3v) is 5.00. The lowest BCUT2D eigenvalue weighted by Gasteiger charge is -2.16. The van der Waals surface area contributed by atoms with Crippen LogP contribution >= 0.6 is 27.5 Å². The third kappa shape index (κ3) is 5.65. The highest BCUT2D eigenvalue weighted by Gasteiger charge is 2.28. The van der Waals surface area contributed by atoms with Crippen LogP contribution in [0.4, 0.5) is 10.5 Å². The molecule has 3 rings (SSSR count). The van der Waals surface area contributed by atoms with Crippen molar-refractivity contribution < 1.29 is 28.7 Å². The van der Waals surface area contributed by atoms with Crippen molar-refractivity contribution in [3.05, 3.63) is 57.0 Å². The number of carbonyl (C=O) groups excluding carboxylic acids is 4. The topological polar surface area (TPSA) is 123 Å². The van der Waals surface area contributed by atoms with E-state index in [4.69, 9.17) is 21.1 Å². The molecule has 3 N–H and O–H groups in total. The van der Waals surface area contributed by atoms with Gasteiger partial charge < -0.3 is 14.8 Å². The maximum absolute atomic E-state index is 12.3. The Morgan fingerprint density at radius 1 is 1.12 bits per heavy atom. The fourth-order valence-electron chi connectivity index (χ4n) is 2.73. The van der Waals surface area contributed by atoms with E-state index in [2.05, 4.69) is 21.2 Å². The molecule has 1 saturated heterocycles. The first kappa shape index (κ1) is 23.3. The molecule has 9 nitrogen and oxygen atoms in total. The van der Waals surface area contributed by atoms with E-state index in [1.54, 1.807) is 43.3 Å². The Morgan fingerprint density at radius 2 is 1.81 bits per heavy atom. The van der Waals surface area contributed by atoms with Crippen molar-refractivity contribution in [3.63, 3.8) is 0 Å². The van der Waals surface area contributed by atoms with Crippen molar-refractivity contribution in [3.8, 4) is 11.5 Å². The molecule has 0 aromatic heterocycles. The first-order valence-electron chi connectivity index (χ1n) is 9.30. The van der Waals surface area contributed by atoms with Crippen molar-refractivity contribution in [2.75, 3.05) is 18.5 Å². The number of benzene rings is 2. The molecule has 0 saturated carbocycles. The molecule has 1 fully saturated rings. The smallest absolute Gasteiger partial charge is 0.328 e. The summed E-state index contributed by atoms with van der Waals surface area (Å²) in [6, 6.07) is 9.03. The minimum atomic E-state index is -0.882. The summed E-state index contributed by atoms with van der Waals surface area (Å²) < 4.78 is 11.7. The van der Waals surface area contributed by atoms with E-state index in [-0.39, 0.29) is 23.7 Å². The van der Waals surface area contributed by atoms with E-state index in [1.807, 2.05) is 10.6 Å². The van der Waals surface area contributed by atoms with E-state index in [1.165, 1.54) is 6.08 Å². The number of ether oxygens (including phenoxy) is 2. The summed E-state index contributed by atoms with van der Waals surface area (Å²) in [4.78, 5) is 47.4. The highest BCUT2D eigenvalue weighted by atomic mass is 79.9. The van der Waals surface area contributed by atoms with Crippen LogP contribution in [0.2, 0.25) is 5.02 Å². The number of hydrogen-bond donors (Lipinski definition) is 3. The first-order valence-corrected chi connectivity index (χ1v) is 10.5. The van der Waals surface area contributed by atoms with Gasteiger partial charge in [-0.2, -0.15) is 0 Å². The van der Waals surface area contributed by atoms with Gasteiger partial charge >= 0.3 is 6.03 Å². The molecule has 0 spiro atoms. The molecular formula is C21H17BrClN3O6. The number of carbonyl (C=O) groups is 4. The molecule has 11 heteroatoms. The van der Waals surface area contributed by atoms with Crippen LogP contribution in [-0.2, 0) is 14.4 Å². The minimum absolute atomic E-state index is 0.244. The molecule has 1 aliphatic heterocycles. The molecule has 2 aromatic carbocycles. The van der Waals surface area contributed by atoms with Crippen LogP contribution in [0, 0.1) is 0 Å². The number of anilines is 1. The second-order valence-electron chi connectivity index (χ2n) is 6.38. The molecule has 0 radical (unpaired) electrons. The van der Waals surface area contributed by atoms with Crippen LogP contribution in [0.5, 0.6) is 11.5 Å². The SMILES string of the molecule is CCOc1cc(C=C2C(=O)NC(=O)NC2=O)cc(Br)c1OCC(=O)Nc1ccccc1Cl. The predicted octanol–water partition coefficient (Wildman–Crippen LogP) is 3.27. The molecule has 0 atom stereocenters. The monoisotopic (exact) mass is 521 g/mol. The number of barbiturate groups is 1. The Bertz CT molecular complexity index is 1110. The highest BCUT2D eigenvalue weighted by Crippen LogP contribution is 2.37. The number of nitrogens with one attached hydrogen (secondary N) is 3. The molecule has 1 aliphatic rings. The molecule has 0 unspecified atom stereocenters. The van der Waals surface area contributed by atoms with Gasteiger partial charge in [0, 0.05) is 0 Å². The molecule has 2 aromatic rings. The Hall–Kier alpha value is -3.37. The van der Waals surface area contributed by atoms with Gasteiger partial charge in [-0.05, 0) is 58.8 Å². The average molecular weight is 523 g/mol. The fourth-order valence-corrected chi connectivity index (χ4v) is 3.49. The van der Waals surface area contributed by atoms with Gasteiger partial charge in [-0.25, -0.2) is 4.79 Å². The summed E-state index contributed by atoms with van der Waals surface area (Å²) in [5, 5.41) is 7.05. The van der Waals surface area contributed by atoms with Gasteiger partial charge in [-0.15, -0.1) is 0 Å². The van der Waals surface area contributed by atoms with Gasteiger partial charge in [-0.3, -0.25) is 25.0 Å². The lowest BCUT2D eigenvalue weighted by molar-refractivity contribution is -0.124. The molecule has 1 heterocycles. The van der Waals surface area contributed by atoms with Crippen LogP contribution in [0.1, 0.15) is 12.5 Å². The molecule has 0 bridgehead atoms. The van der Waals surface area contributed by atoms with Gasteiger partial charge in [0.2, 0.25) is 0 Å². The first-order chi connectivity index (χ1) is 15.3. The normalized spacial score (nSPS) is 13.2. The number of rotatable bonds is 7. The maximum atomic E-state index is 12.3. The lowest BCUT2D eigenvalue weighted by Crippen LogP contribution is -2.51. The van der Waals surface area contributed by atoms with Crippen molar-refractivity contribution in [2.45, 2.75) is 6.92 Å². The minimum Gasteiger partial charge on any atom is -0.490 e. The van der Waals surface area contributed by atoms with Crippen LogP contribution in [0.3, 0.4) is 0 Å². The standard InChI is InChI=1S/C21H17BrClN3O6/c1-2-31-16-9-11(7-12-19(28)25-21(30)26-20(12)29)8-13(22)18(16)32-10-17(27)24-15-6-4-3-5-14(15)23/h3-9H,2,10H2,1H3,(H,24,27)(H2,25,26,28,29,30). The van der Waals surface area contributed by atoms with Crippen molar-refractivity contribution >= 4 is 63.0 Å². The van der Waals surface area contributed by atoms with Crippen molar-refractivity contribution in [1.29, 1.82) is 0 Å². The van der Waals surface area contributed by atoms with Crippen LogP contribution in [0.15, 0.2) is 46.4 Å². The summed E-state index contributed by atoms with van der Waals surface area (Å²) in [6.07, 6.45) is 1.30. The van der Waals surface area contributed by atoms with Gasteiger partial charge in [0.1, 0.15) is 5.57 Å². The number of para-hydroxylation sites is 1. The van der Waals surface area contributed by atoms with Crippen molar-refractivity contribution in [2.24, 2.45) is 0 Å². The summed E-state index contributed by atoms with van der Waals surface area (Å²) in [5.41, 5.74) is 0.644. The van der Waals surface area contributed by atoms with E-state index in [0.717, 1.165) is 0 Å². The molecule has 166 valence electrons. The van der Waals surface area contributed by atoms with Crippen LogP contribution < -0.4 is 25.4 Å². The zero-order valence-electron chi connectivity index (χ0n) is 16.7. The fraction of sp³-hybridized carbons (Fsp3) is 0.143. The number of urea groups is 1. The third-order valence-electron chi connectivity index (χ3n) is 4.08. The Morgan fingerprint density at radius 3 is 2.47 bits per heavy atom. The van der Waals surface area contributed by atoms with Crippen LogP contribution in [0.25, 0.3) is 6.08 Å². The van der Waals surface area contributed by atoms with E-state index in [0.29, 0.717) is 27.4 Å². The van der Waals surface area contributed by atoms with Gasteiger partial charge in [0.15, 0.2) is 18.1 Å². The zero-order chi connectivity index (χ0) is 23.3. The molecule has 32 heavy (non-hydrogen) atoms. The van der Waals surface area contributed by atoms with Crippen LogP contribution in [-0.4, -0.2) is 37.0 Å². The van der Waals surface area contributed by atoms with Crippen molar-refractivity contribution in [1.82, 2.24) is 10.6 Å². The Kier molecular flexibility index (Phi) is 7.49.